The van der Waals surface area contributed by atoms with Crippen LogP contribution >= 0.6 is 23.2 Å². The first kappa shape index (κ1) is 15.3. The fourth-order valence-corrected chi connectivity index (χ4v) is 2.19. The predicted molar refractivity (Wildman–Crippen MR) is 83.0 cm³/mol. The van der Waals surface area contributed by atoms with Crippen LogP contribution in [0.3, 0.4) is 0 Å². The average molecular weight is 321 g/mol. The Labute approximate surface area is 131 Å². The molecule has 0 radical (unpaired) electrons. The van der Waals surface area contributed by atoms with Gasteiger partial charge in [-0.25, -0.2) is 4.79 Å². The first-order valence-electron chi connectivity index (χ1n) is 5.99. The van der Waals surface area contributed by atoms with Gasteiger partial charge in [0.15, 0.2) is 5.78 Å². The van der Waals surface area contributed by atoms with Gasteiger partial charge in [-0.05, 0) is 17.7 Å². The van der Waals surface area contributed by atoms with Crippen molar-refractivity contribution in [3.8, 4) is 11.1 Å². The van der Waals surface area contributed by atoms with Crippen molar-refractivity contribution in [1.29, 1.82) is 0 Å². The van der Waals surface area contributed by atoms with Gasteiger partial charge in [-0.2, -0.15) is 0 Å². The van der Waals surface area contributed by atoms with Crippen LogP contribution in [0.4, 0.5) is 0 Å². The van der Waals surface area contributed by atoms with E-state index < -0.39 is 5.97 Å². The molecule has 0 fully saturated rings. The van der Waals surface area contributed by atoms with Gasteiger partial charge < -0.3 is 5.11 Å². The summed E-state index contributed by atoms with van der Waals surface area (Å²) >= 11 is 12.1. The van der Waals surface area contributed by atoms with Crippen molar-refractivity contribution in [2.75, 3.05) is 0 Å². The number of rotatable bonds is 4. The number of allylic oxidation sites excluding steroid dienone is 1. The van der Waals surface area contributed by atoms with Crippen LogP contribution in [-0.4, -0.2) is 16.9 Å². The molecule has 2 rings (SSSR count). The zero-order chi connectivity index (χ0) is 15.4. The van der Waals surface area contributed by atoms with Crippen molar-refractivity contribution in [3.63, 3.8) is 0 Å². The van der Waals surface area contributed by atoms with Gasteiger partial charge in [0, 0.05) is 17.2 Å². The summed E-state index contributed by atoms with van der Waals surface area (Å²) in [5.41, 5.74) is 1.99. The molecule has 0 aliphatic carbocycles. The first-order chi connectivity index (χ1) is 9.99. The molecule has 3 nitrogen and oxygen atoms in total. The molecular formula is C16H10Cl2O3. The summed E-state index contributed by atoms with van der Waals surface area (Å²) in [5.74, 6) is -1.54. The number of halogens is 2. The highest BCUT2D eigenvalue weighted by atomic mass is 35.5. The molecule has 0 aliphatic rings. The van der Waals surface area contributed by atoms with Crippen LogP contribution in [0.25, 0.3) is 11.1 Å². The number of benzene rings is 2. The molecule has 0 atom stereocenters. The monoisotopic (exact) mass is 320 g/mol. The van der Waals surface area contributed by atoms with Crippen molar-refractivity contribution in [3.05, 3.63) is 70.2 Å². The molecule has 0 saturated heterocycles. The Kier molecular flexibility index (Phi) is 4.78. The third-order valence-electron chi connectivity index (χ3n) is 2.81. The van der Waals surface area contributed by atoms with Gasteiger partial charge in [0.1, 0.15) is 0 Å². The fourth-order valence-electron chi connectivity index (χ4n) is 1.78. The third kappa shape index (κ3) is 3.72. The lowest BCUT2D eigenvalue weighted by molar-refractivity contribution is -0.131. The lowest BCUT2D eigenvalue weighted by atomic mass is 10.0. The lowest BCUT2D eigenvalue weighted by Crippen LogP contribution is -1.96. The second-order valence-electron chi connectivity index (χ2n) is 4.21. The molecule has 0 aromatic heterocycles. The van der Waals surface area contributed by atoms with Crippen LogP contribution in [0.2, 0.25) is 10.0 Å². The van der Waals surface area contributed by atoms with E-state index in [1.54, 1.807) is 36.4 Å². The number of carboxylic acid groups (broad SMARTS) is 1. The highest BCUT2D eigenvalue weighted by Gasteiger charge is 2.08. The van der Waals surface area contributed by atoms with E-state index in [0.29, 0.717) is 15.6 Å². The molecule has 2 aromatic rings. The normalized spacial score (nSPS) is 10.8. The van der Waals surface area contributed by atoms with Gasteiger partial charge in [0.25, 0.3) is 0 Å². The summed E-state index contributed by atoms with van der Waals surface area (Å²) in [7, 11) is 0. The van der Waals surface area contributed by atoms with E-state index in [4.69, 9.17) is 28.3 Å². The molecule has 5 heteroatoms. The van der Waals surface area contributed by atoms with Crippen LogP contribution in [0.15, 0.2) is 54.6 Å². The van der Waals surface area contributed by atoms with Crippen molar-refractivity contribution in [2.45, 2.75) is 0 Å². The van der Waals surface area contributed by atoms with E-state index in [1.807, 2.05) is 6.07 Å². The van der Waals surface area contributed by atoms with Crippen molar-refractivity contribution in [2.24, 2.45) is 0 Å². The van der Waals surface area contributed by atoms with Crippen LogP contribution < -0.4 is 0 Å². The average Bonchev–Trinajstić information content (AvgIpc) is 2.48. The Balaban J connectivity index is 2.29. The van der Waals surface area contributed by atoms with Gasteiger partial charge in [-0.15, -0.1) is 0 Å². The molecule has 0 unspecified atom stereocenters. The number of carbonyl (C=O) groups excluding carboxylic acids is 1. The second-order valence-corrected chi connectivity index (χ2v) is 5.00. The van der Waals surface area contributed by atoms with Crippen LogP contribution in [0, 0.1) is 0 Å². The molecule has 0 saturated carbocycles. The van der Waals surface area contributed by atoms with Gasteiger partial charge in [0.2, 0.25) is 0 Å². The zero-order valence-electron chi connectivity index (χ0n) is 10.7. The van der Waals surface area contributed by atoms with Crippen molar-refractivity contribution in [1.82, 2.24) is 0 Å². The van der Waals surface area contributed by atoms with E-state index in [2.05, 4.69) is 0 Å². The van der Waals surface area contributed by atoms with E-state index in [0.717, 1.165) is 23.3 Å². The largest absolute Gasteiger partial charge is 0.478 e. The number of carboxylic acids is 1. The number of carbonyl (C=O) groups is 2. The molecule has 0 amide bonds. The Morgan fingerprint density at radius 2 is 1.62 bits per heavy atom. The Morgan fingerprint density at radius 3 is 2.24 bits per heavy atom. The van der Waals surface area contributed by atoms with E-state index >= 15 is 0 Å². The van der Waals surface area contributed by atoms with Crippen LogP contribution in [-0.2, 0) is 4.79 Å². The Morgan fingerprint density at radius 1 is 0.952 bits per heavy atom. The number of ketones is 1. The summed E-state index contributed by atoms with van der Waals surface area (Å²) < 4.78 is 0. The summed E-state index contributed by atoms with van der Waals surface area (Å²) in [6.45, 7) is 0. The van der Waals surface area contributed by atoms with Crippen LogP contribution in [0.5, 0.6) is 0 Å². The van der Waals surface area contributed by atoms with E-state index in [9.17, 15) is 9.59 Å². The maximum atomic E-state index is 11.7. The molecule has 0 bridgehead atoms. The highest BCUT2D eigenvalue weighted by molar-refractivity contribution is 6.43. The molecule has 2 aromatic carbocycles. The molecule has 0 spiro atoms. The first-order valence-corrected chi connectivity index (χ1v) is 6.74. The van der Waals surface area contributed by atoms with Crippen molar-refractivity contribution >= 4 is 35.0 Å². The van der Waals surface area contributed by atoms with Gasteiger partial charge >= 0.3 is 5.97 Å². The van der Waals surface area contributed by atoms with Crippen molar-refractivity contribution < 1.29 is 14.7 Å². The predicted octanol–water partition coefficient (Wildman–Crippen LogP) is 4.48. The van der Waals surface area contributed by atoms with E-state index in [-0.39, 0.29) is 5.78 Å². The molecule has 106 valence electrons. The molecule has 0 aliphatic heterocycles. The maximum Gasteiger partial charge on any atom is 0.328 e. The molecule has 21 heavy (non-hydrogen) atoms. The second kappa shape index (κ2) is 6.57. The standard InChI is InChI=1S/C16H10Cl2O3/c17-13-3-1-2-12(16(13)18)10-4-6-11(7-5-10)14(19)8-9-15(20)21/h1-9H,(H,20,21). The Bertz CT molecular complexity index is 719. The van der Waals surface area contributed by atoms with Gasteiger partial charge in [0.05, 0.1) is 10.0 Å². The third-order valence-corrected chi connectivity index (χ3v) is 3.63. The Hall–Kier alpha value is -2.10. The number of hydrogen-bond acceptors (Lipinski definition) is 2. The quantitative estimate of drug-likeness (QED) is 0.667. The lowest BCUT2D eigenvalue weighted by Gasteiger charge is -2.06. The summed E-state index contributed by atoms with van der Waals surface area (Å²) in [6, 6.07) is 12.0. The molecular weight excluding hydrogens is 311 g/mol. The summed E-state index contributed by atoms with van der Waals surface area (Å²) in [6.07, 6.45) is 1.83. The topological polar surface area (TPSA) is 54.4 Å². The minimum Gasteiger partial charge on any atom is -0.478 e. The fraction of sp³-hybridized carbons (Fsp3) is 0. The molecule has 1 N–H and O–H groups in total. The SMILES string of the molecule is O=C(O)C=CC(=O)c1ccc(-c2cccc(Cl)c2Cl)cc1. The minimum atomic E-state index is -1.16. The highest BCUT2D eigenvalue weighted by Crippen LogP contribution is 2.33. The van der Waals surface area contributed by atoms with E-state index in [1.165, 1.54) is 0 Å². The number of aliphatic carboxylic acids is 1. The van der Waals surface area contributed by atoms with Gasteiger partial charge in [-0.1, -0.05) is 59.6 Å². The smallest absolute Gasteiger partial charge is 0.328 e. The zero-order valence-corrected chi connectivity index (χ0v) is 12.2. The summed E-state index contributed by atoms with van der Waals surface area (Å²) in [5, 5.41) is 9.40. The van der Waals surface area contributed by atoms with Crippen LogP contribution in [0.1, 0.15) is 10.4 Å². The van der Waals surface area contributed by atoms with Gasteiger partial charge in [-0.3, -0.25) is 4.79 Å². The number of hydrogen-bond donors (Lipinski definition) is 1. The minimum absolute atomic E-state index is 0.374. The molecule has 0 heterocycles. The maximum absolute atomic E-state index is 11.7. The summed E-state index contributed by atoms with van der Waals surface area (Å²) in [4.78, 5) is 22.1.